The average molecular weight is 244 g/mol. The van der Waals surface area contributed by atoms with Gasteiger partial charge < -0.3 is 4.74 Å². The molecule has 0 fully saturated rings. The number of ether oxygens (including phenoxy) is 1. The number of carbonyl (C=O) groups is 1. The third-order valence-electron chi connectivity index (χ3n) is 1.95. The zero-order valence-electron chi connectivity index (χ0n) is 8.82. The molecule has 0 saturated carbocycles. The van der Waals surface area contributed by atoms with E-state index in [1.165, 1.54) is 19.1 Å². The molecule has 0 aromatic heterocycles. The number of nitrogens with zero attached hydrogens (tertiary/aromatic N) is 1. The highest BCUT2D eigenvalue weighted by Gasteiger charge is 2.19. The van der Waals surface area contributed by atoms with E-state index in [9.17, 15) is 14.9 Å². The molecule has 0 aliphatic heterocycles. The molecule has 1 rings (SSSR count). The number of nitro benzene ring substituents is 1. The van der Waals surface area contributed by atoms with E-state index >= 15 is 0 Å². The molecule has 1 aromatic carbocycles. The largest absolute Gasteiger partial charge is 0.462 e. The summed E-state index contributed by atoms with van der Waals surface area (Å²) in [5.41, 5.74) is 0.366. The fourth-order valence-corrected chi connectivity index (χ4v) is 1.64. The summed E-state index contributed by atoms with van der Waals surface area (Å²) in [5.74, 6) is -0.539. The van der Waals surface area contributed by atoms with Crippen LogP contribution in [0.4, 0.5) is 5.69 Å². The molecule has 0 heterocycles. The fraction of sp³-hybridized carbons (Fsp3) is 0.300. The van der Waals surface area contributed by atoms with Gasteiger partial charge in [0.25, 0.3) is 5.69 Å². The lowest BCUT2D eigenvalue weighted by atomic mass is 10.1. The highest BCUT2D eigenvalue weighted by atomic mass is 35.5. The zero-order chi connectivity index (χ0) is 12.3. The predicted molar refractivity (Wildman–Crippen MR) is 58.8 cm³/mol. The molecule has 0 aliphatic carbocycles. The molecule has 0 spiro atoms. The van der Waals surface area contributed by atoms with Crippen LogP contribution >= 0.6 is 11.6 Å². The van der Waals surface area contributed by atoms with Crippen molar-refractivity contribution in [1.82, 2.24) is 0 Å². The molecule has 0 atom stereocenters. The van der Waals surface area contributed by atoms with Crippen LogP contribution in [-0.2, 0) is 4.74 Å². The maximum atomic E-state index is 11.4. The second kappa shape index (κ2) is 4.94. The molecule has 0 saturated heterocycles. The number of hydrogen-bond donors (Lipinski definition) is 0. The zero-order valence-corrected chi connectivity index (χ0v) is 9.58. The summed E-state index contributed by atoms with van der Waals surface area (Å²) in [6.45, 7) is 3.44. The molecule has 0 unspecified atom stereocenters. The maximum absolute atomic E-state index is 11.4. The number of nitro groups is 1. The Kier molecular flexibility index (Phi) is 3.84. The quantitative estimate of drug-likeness (QED) is 0.465. The molecule has 16 heavy (non-hydrogen) atoms. The molecule has 0 amide bonds. The van der Waals surface area contributed by atoms with E-state index in [1.54, 1.807) is 6.92 Å². The van der Waals surface area contributed by atoms with Gasteiger partial charge in [0.1, 0.15) is 5.02 Å². The molecule has 1 aromatic rings. The van der Waals surface area contributed by atoms with E-state index in [-0.39, 0.29) is 22.9 Å². The Morgan fingerprint density at radius 3 is 2.62 bits per heavy atom. The lowest BCUT2D eigenvalue weighted by Gasteiger charge is -2.04. The monoisotopic (exact) mass is 243 g/mol. The molecule has 6 heteroatoms. The molecule has 0 N–H and O–H groups in total. The number of carbonyl (C=O) groups excluding carboxylic acids is 1. The minimum Gasteiger partial charge on any atom is -0.462 e. The van der Waals surface area contributed by atoms with Crippen molar-refractivity contribution in [2.75, 3.05) is 6.61 Å². The fourth-order valence-electron chi connectivity index (χ4n) is 1.30. The molecule has 0 aliphatic rings. The maximum Gasteiger partial charge on any atom is 0.338 e. The van der Waals surface area contributed by atoms with Crippen molar-refractivity contribution in [2.24, 2.45) is 0 Å². The van der Waals surface area contributed by atoms with Crippen LogP contribution in [0.3, 0.4) is 0 Å². The Morgan fingerprint density at radius 2 is 2.19 bits per heavy atom. The van der Waals surface area contributed by atoms with E-state index < -0.39 is 10.9 Å². The second-order valence-corrected chi connectivity index (χ2v) is 3.51. The van der Waals surface area contributed by atoms with E-state index in [4.69, 9.17) is 16.3 Å². The van der Waals surface area contributed by atoms with Gasteiger partial charge in [0.15, 0.2) is 0 Å². The second-order valence-electron chi connectivity index (χ2n) is 3.10. The van der Waals surface area contributed by atoms with Gasteiger partial charge in [-0.15, -0.1) is 0 Å². The Bertz CT molecular complexity index is 421. The van der Waals surface area contributed by atoms with E-state index in [0.29, 0.717) is 5.56 Å². The summed E-state index contributed by atoms with van der Waals surface area (Å²) in [7, 11) is 0. The van der Waals surface area contributed by atoms with E-state index in [2.05, 4.69) is 0 Å². The number of halogens is 1. The number of esters is 1. The topological polar surface area (TPSA) is 69.4 Å². The van der Waals surface area contributed by atoms with Crippen molar-refractivity contribution in [3.05, 3.63) is 38.4 Å². The molecule has 0 radical (unpaired) electrons. The minimum atomic E-state index is -0.577. The Labute approximate surface area is 97.1 Å². The lowest BCUT2D eigenvalue weighted by molar-refractivity contribution is -0.385. The summed E-state index contributed by atoms with van der Waals surface area (Å²) in [6, 6.07) is 2.63. The molecular formula is C10H10ClNO4. The third-order valence-corrected chi connectivity index (χ3v) is 2.24. The number of aryl methyl sites for hydroxylation is 1. The summed E-state index contributed by atoms with van der Waals surface area (Å²) >= 11 is 5.72. The van der Waals surface area contributed by atoms with Crippen molar-refractivity contribution in [3.63, 3.8) is 0 Å². The standard InChI is InChI=1S/C10H10ClNO4/c1-3-16-10(13)7-4-6(2)9(12(14)15)8(11)5-7/h4-5H,3H2,1-2H3. The van der Waals surface area contributed by atoms with Crippen LogP contribution in [0.1, 0.15) is 22.8 Å². The van der Waals surface area contributed by atoms with Gasteiger partial charge in [0, 0.05) is 5.56 Å². The molecule has 5 nitrogen and oxygen atoms in total. The van der Waals surface area contributed by atoms with Crippen molar-refractivity contribution < 1.29 is 14.5 Å². The summed E-state index contributed by atoms with van der Waals surface area (Å²) in [4.78, 5) is 21.5. The van der Waals surface area contributed by atoms with Crippen LogP contribution in [-0.4, -0.2) is 17.5 Å². The van der Waals surface area contributed by atoms with Crippen molar-refractivity contribution >= 4 is 23.3 Å². The number of rotatable bonds is 3. The van der Waals surface area contributed by atoms with Gasteiger partial charge in [0.2, 0.25) is 0 Å². The van der Waals surface area contributed by atoms with Crippen LogP contribution in [0.25, 0.3) is 0 Å². The van der Waals surface area contributed by atoms with Crippen molar-refractivity contribution in [3.8, 4) is 0 Å². The van der Waals surface area contributed by atoms with Gasteiger partial charge in [-0.25, -0.2) is 4.79 Å². The molecular weight excluding hydrogens is 234 g/mol. The predicted octanol–water partition coefficient (Wildman–Crippen LogP) is 2.73. The highest BCUT2D eigenvalue weighted by molar-refractivity contribution is 6.33. The lowest BCUT2D eigenvalue weighted by Crippen LogP contribution is -2.06. The van der Waals surface area contributed by atoms with Crippen LogP contribution in [0.2, 0.25) is 5.02 Å². The molecule has 86 valence electrons. The summed E-state index contributed by atoms with van der Waals surface area (Å²) < 4.78 is 4.77. The highest BCUT2D eigenvalue weighted by Crippen LogP contribution is 2.29. The Morgan fingerprint density at radius 1 is 1.56 bits per heavy atom. The average Bonchev–Trinajstić information content (AvgIpc) is 2.16. The van der Waals surface area contributed by atoms with Crippen LogP contribution < -0.4 is 0 Å². The van der Waals surface area contributed by atoms with E-state index in [0.717, 1.165) is 0 Å². The minimum absolute atomic E-state index is 0.0620. The van der Waals surface area contributed by atoms with Crippen LogP contribution in [0.15, 0.2) is 12.1 Å². The SMILES string of the molecule is CCOC(=O)c1cc(C)c([N+](=O)[O-])c(Cl)c1. The van der Waals surface area contributed by atoms with E-state index in [1.807, 2.05) is 0 Å². The first-order valence-corrected chi connectivity index (χ1v) is 4.96. The van der Waals surface area contributed by atoms with Gasteiger partial charge in [-0.05, 0) is 26.0 Å². The van der Waals surface area contributed by atoms with Crippen molar-refractivity contribution in [1.29, 1.82) is 0 Å². The number of benzene rings is 1. The van der Waals surface area contributed by atoms with Gasteiger partial charge in [-0.2, -0.15) is 0 Å². The van der Waals surface area contributed by atoms with Crippen LogP contribution in [0, 0.1) is 17.0 Å². The summed E-state index contributed by atoms with van der Waals surface area (Å²) in [5, 5.41) is 10.6. The molecule has 0 bridgehead atoms. The normalized spacial score (nSPS) is 9.94. The van der Waals surface area contributed by atoms with Gasteiger partial charge in [0.05, 0.1) is 17.1 Å². The Hall–Kier alpha value is -1.62. The Balaban J connectivity index is 3.19. The van der Waals surface area contributed by atoms with Crippen LogP contribution in [0.5, 0.6) is 0 Å². The first-order chi connectivity index (χ1) is 7.47. The van der Waals surface area contributed by atoms with Gasteiger partial charge in [-0.3, -0.25) is 10.1 Å². The summed E-state index contributed by atoms with van der Waals surface area (Å²) in [6.07, 6.45) is 0. The smallest absolute Gasteiger partial charge is 0.338 e. The van der Waals surface area contributed by atoms with Gasteiger partial charge in [-0.1, -0.05) is 11.6 Å². The van der Waals surface area contributed by atoms with Gasteiger partial charge >= 0.3 is 5.97 Å². The number of hydrogen-bond acceptors (Lipinski definition) is 4. The first kappa shape index (κ1) is 12.4. The van der Waals surface area contributed by atoms with Crippen molar-refractivity contribution in [2.45, 2.75) is 13.8 Å². The third kappa shape index (κ3) is 2.49. The first-order valence-electron chi connectivity index (χ1n) is 4.59.